The van der Waals surface area contributed by atoms with E-state index in [1.165, 1.54) is 34.9 Å². The zero-order valence-corrected chi connectivity index (χ0v) is 9.67. The molecule has 2 bridgehead atoms. The van der Waals surface area contributed by atoms with Crippen LogP contribution >= 0.6 is 15.9 Å². The summed E-state index contributed by atoms with van der Waals surface area (Å²) in [5.74, 6) is 2.30. The van der Waals surface area contributed by atoms with Gasteiger partial charge in [-0.2, -0.15) is 0 Å². The quantitative estimate of drug-likeness (QED) is 0.767. The van der Waals surface area contributed by atoms with Crippen LogP contribution in [0.2, 0.25) is 0 Å². The van der Waals surface area contributed by atoms with E-state index in [1.54, 1.807) is 7.11 Å². The van der Waals surface area contributed by atoms with Gasteiger partial charge in [-0.25, -0.2) is 4.98 Å². The second-order valence-corrected chi connectivity index (χ2v) is 5.00. The molecule has 2 aliphatic carbocycles. The molecule has 0 spiro atoms. The van der Waals surface area contributed by atoms with Gasteiger partial charge in [-0.05, 0) is 52.6 Å². The van der Waals surface area contributed by atoms with Crippen LogP contribution in [0.1, 0.15) is 42.2 Å². The lowest BCUT2D eigenvalue weighted by Crippen LogP contribution is -2.03. The summed E-state index contributed by atoms with van der Waals surface area (Å²) in [6, 6.07) is 0. The van der Waals surface area contributed by atoms with E-state index in [9.17, 15) is 0 Å². The highest BCUT2D eigenvalue weighted by atomic mass is 79.9. The number of hydrogen-bond acceptors (Lipinski definition) is 2. The second kappa shape index (κ2) is 2.96. The summed E-state index contributed by atoms with van der Waals surface area (Å²) in [5, 5.41) is 0. The molecule has 0 saturated heterocycles. The van der Waals surface area contributed by atoms with Crippen LogP contribution in [0.5, 0.6) is 5.88 Å². The van der Waals surface area contributed by atoms with Crippen LogP contribution < -0.4 is 4.74 Å². The molecule has 1 fully saturated rings. The van der Waals surface area contributed by atoms with Crippen molar-refractivity contribution < 1.29 is 4.74 Å². The van der Waals surface area contributed by atoms with E-state index in [1.807, 2.05) is 6.20 Å². The topological polar surface area (TPSA) is 22.1 Å². The fourth-order valence-electron chi connectivity index (χ4n) is 2.98. The van der Waals surface area contributed by atoms with Gasteiger partial charge in [0.05, 0.1) is 7.11 Å². The Morgan fingerprint density at radius 3 is 2.79 bits per heavy atom. The molecule has 1 saturated carbocycles. The van der Waals surface area contributed by atoms with Crippen LogP contribution in [0.4, 0.5) is 0 Å². The third kappa shape index (κ3) is 0.991. The van der Waals surface area contributed by atoms with Gasteiger partial charge in [0.2, 0.25) is 5.88 Å². The zero-order valence-electron chi connectivity index (χ0n) is 8.09. The molecule has 1 aromatic heterocycles. The fraction of sp³-hybridized carbons (Fsp3) is 0.545. The van der Waals surface area contributed by atoms with Gasteiger partial charge in [0.1, 0.15) is 0 Å². The summed E-state index contributed by atoms with van der Waals surface area (Å²) in [7, 11) is 1.71. The van der Waals surface area contributed by atoms with E-state index in [0.717, 1.165) is 11.8 Å². The lowest BCUT2D eigenvalue weighted by molar-refractivity contribution is 0.388. The lowest BCUT2D eigenvalue weighted by Gasteiger charge is -2.18. The summed E-state index contributed by atoms with van der Waals surface area (Å²) >= 11 is 3.59. The van der Waals surface area contributed by atoms with Gasteiger partial charge in [0.15, 0.2) is 0 Å². The molecule has 2 nitrogen and oxygen atoms in total. The minimum atomic E-state index is 0.704. The molecule has 2 aliphatic rings. The summed E-state index contributed by atoms with van der Waals surface area (Å²) in [5.41, 5.74) is 2.84. The van der Waals surface area contributed by atoms with Gasteiger partial charge in [0.25, 0.3) is 0 Å². The van der Waals surface area contributed by atoms with Crippen molar-refractivity contribution in [1.29, 1.82) is 0 Å². The van der Waals surface area contributed by atoms with E-state index in [0.29, 0.717) is 5.92 Å². The minimum absolute atomic E-state index is 0.704. The molecule has 2 unspecified atom stereocenters. The molecule has 14 heavy (non-hydrogen) atoms. The second-order valence-electron chi connectivity index (χ2n) is 4.15. The van der Waals surface area contributed by atoms with Crippen LogP contribution in [0, 0.1) is 0 Å². The number of ether oxygens (including phenoxy) is 1. The minimum Gasteiger partial charge on any atom is -0.481 e. The number of aromatic nitrogens is 1. The molecular formula is C11H12BrNO. The van der Waals surface area contributed by atoms with Crippen molar-refractivity contribution in [3.8, 4) is 5.88 Å². The van der Waals surface area contributed by atoms with E-state index in [-0.39, 0.29) is 0 Å². The summed E-state index contributed by atoms with van der Waals surface area (Å²) in [6.45, 7) is 0. The molecule has 0 amide bonds. The van der Waals surface area contributed by atoms with E-state index >= 15 is 0 Å². The van der Waals surface area contributed by atoms with E-state index in [2.05, 4.69) is 20.9 Å². The highest BCUT2D eigenvalue weighted by Gasteiger charge is 2.40. The third-order valence-corrected chi connectivity index (χ3v) is 4.15. The Labute approximate surface area is 91.8 Å². The van der Waals surface area contributed by atoms with Crippen LogP contribution in [0.15, 0.2) is 10.7 Å². The van der Waals surface area contributed by atoms with Crippen molar-refractivity contribution >= 4 is 15.9 Å². The molecule has 0 aromatic carbocycles. The summed E-state index contributed by atoms with van der Waals surface area (Å²) < 4.78 is 6.50. The molecular weight excluding hydrogens is 242 g/mol. The van der Waals surface area contributed by atoms with Crippen molar-refractivity contribution in [2.24, 2.45) is 0 Å². The molecule has 1 aromatic rings. The Bertz CT molecular complexity index is 391. The number of halogens is 1. The molecule has 0 N–H and O–H groups in total. The number of fused-ring (bicyclic) bond motifs is 5. The maximum absolute atomic E-state index is 5.33. The Balaban J connectivity index is 2.24. The highest BCUT2D eigenvalue weighted by molar-refractivity contribution is 9.10. The third-order valence-electron chi connectivity index (χ3n) is 3.52. The van der Waals surface area contributed by atoms with Gasteiger partial charge >= 0.3 is 0 Å². The standard InChI is InChI=1S/C11H12BrNO/c1-14-11-10-7-3-2-6(4-7)9(10)8(12)5-13-11/h5-7H,2-4H2,1H3. The first-order valence-corrected chi connectivity index (χ1v) is 5.83. The maximum Gasteiger partial charge on any atom is 0.216 e. The number of methoxy groups -OCH3 is 1. The van der Waals surface area contributed by atoms with Crippen LogP contribution in [-0.4, -0.2) is 12.1 Å². The Kier molecular flexibility index (Phi) is 1.84. The summed E-state index contributed by atoms with van der Waals surface area (Å²) in [6.07, 6.45) is 5.82. The SMILES string of the molecule is COc1ncc(Br)c2c1C1CCC2C1. The molecule has 3 rings (SSSR count). The van der Waals surface area contributed by atoms with Crippen molar-refractivity contribution in [3.63, 3.8) is 0 Å². The van der Waals surface area contributed by atoms with Crippen molar-refractivity contribution in [3.05, 3.63) is 21.8 Å². The van der Waals surface area contributed by atoms with Crippen molar-refractivity contribution in [2.75, 3.05) is 7.11 Å². The number of rotatable bonds is 1. The fourth-order valence-corrected chi connectivity index (χ4v) is 3.62. The first-order chi connectivity index (χ1) is 6.81. The average Bonchev–Trinajstić information content (AvgIpc) is 2.79. The average molecular weight is 254 g/mol. The van der Waals surface area contributed by atoms with E-state index < -0.39 is 0 Å². The zero-order chi connectivity index (χ0) is 9.71. The van der Waals surface area contributed by atoms with Gasteiger partial charge in [-0.15, -0.1) is 0 Å². The molecule has 0 radical (unpaired) electrons. The first kappa shape index (κ1) is 8.72. The van der Waals surface area contributed by atoms with Crippen molar-refractivity contribution in [1.82, 2.24) is 4.98 Å². The molecule has 1 heterocycles. The van der Waals surface area contributed by atoms with Crippen LogP contribution in [0.25, 0.3) is 0 Å². The lowest BCUT2D eigenvalue weighted by atomic mass is 9.93. The van der Waals surface area contributed by atoms with Gasteiger partial charge < -0.3 is 4.74 Å². The highest BCUT2D eigenvalue weighted by Crippen LogP contribution is 2.57. The summed E-state index contributed by atoms with van der Waals surface area (Å²) in [4.78, 5) is 4.32. The van der Waals surface area contributed by atoms with Crippen LogP contribution in [-0.2, 0) is 0 Å². The molecule has 74 valence electrons. The predicted molar refractivity (Wildman–Crippen MR) is 57.8 cm³/mol. The Morgan fingerprint density at radius 2 is 2.07 bits per heavy atom. The normalized spacial score (nSPS) is 27.9. The molecule has 3 heteroatoms. The predicted octanol–water partition coefficient (Wildman–Crippen LogP) is 3.22. The monoisotopic (exact) mass is 253 g/mol. The van der Waals surface area contributed by atoms with Gasteiger partial charge in [0, 0.05) is 16.2 Å². The molecule has 0 aliphatic heterocycles. The maximum atomic E-state index is 5.33. The number of nitrogens with zero attached hydrogens (tertiary/aromatic N) is 1. The molecule has 2 atom stereocenters. The van der Waals surface area contributed by atoms with E-state index in [4.69, 9.17) is 4.74 Å². The van der Waals surface area contributed by atoms with Crippen molar-refractivity contribution in [2.45, 2.75) is 31.1 Å². The number of pyridine rings is 1. The largest absolute Gasteiger partial charge is 0.481 e. The van der Waals surface area contributed by atoms with Gasteiger partial charge in [-0.3, -0.25) is 0 Å². The smallest absolute Gasteiger partial charge is 0.216 e. The van der Waals surface area contributed by atoms with Gasteiger partial charge in [-0.1, -0.05) is 0 Å². The Hall–Kier alpha value is -0.570. The van der Waals surface area contributed by atoms with Crippen LogP contribution in [0.3, 0.4) is 0 Å². The Morgan fingerprint density at radius 1 is 1.36 bits per heavy atom. The number of hydrogen-bond donors (Lipinski definition) is 0. The first-order valence-electron chi connectivity index (χ1n) is 5.03.